The lowest BCUT2D eigenvalue weighted by molar-refractivity contribution is -0.118. The van der Waals surface area contributed by atoms with Gasteiger partial charge in [-0.2, -0.15) is 0 Å². The molecule has 1 aromatic rings. The van der Waals surface area contributed by atoms with Crippen molar-refractivity contribution in [3.63, 3.8) is 0 Å². The van der Waals surface area contributed by atoms with Gasteiger partial charge in [0.2, 0.25) is 5.91 Å². The van der Waals surface area contributed by atoms with Crippen LogP contribution in [-0.4, -0.2) is 50.3 Å². The second-order valence-corrected chi connectivity index (χ2v) is 5.87. The summed E-state index contributed by atoms with van der Waals surface area (Å²) in [6, 6.07) is 7.61. The van der Waals surface area contributed by atoms with E-state index in [-0.39, 0.29) is 5.91 Å². The average molecular weight is 320 g/mol. The number of nitrogens with one attached hydrogen (secondary N) is 1. The minimum atomic E-state index is 0.00648. The standard InChI is InChI=1S/C18H28N2O3/c1-2-3-4-5-11-23-17-8-6-7-16(14-17)19-18(21)15-20-9-12-22-13-10-20/h6-8,14H,2-5,9-13,15H2,1H3,(H,19,21). The molecule has 1 aromatic carbocycles. The van der Waals surface area contributed by atoms with Crippen molar-refractivity contribution in [1.29, 1.82) is 0 Å². The Morgan fingerprint density at radius 1 is 1.26 bits per heavy atom. The molecule has 2 rings (SSSR count). The third kappa shape index (κ3) is 7.01. The van der Waals surface area contributed by atoms with Gasteiger partial charge in [0, 0.05) is 24.8 Å². The number of hydrogen-bond acceptors (Lipinski definition) is 4. The van der Waals surface area contributed by atoms with Crippen LogP contribution in [0.4, 0.5) is 5.69 Å². The van der Waals surface area contributed by atoms with Crippen LogP contribution in [-0.2, 0) is 9.53 Å². The molecule has 0 unspecified atom stereocenters. The van der Waals surface area contributed by atoms with Gasteiger partial charge in [-0.3, -0.25) is 9.69 Å². The zero-order chi connectivity index (χ0) is 16.3. The first-order valence-corrected chi connectivity index (χ1v) is 8.60. The molecule has 1 aliphatic rings. The number of anilines is 1. The Balaban J connectivity index is 1.73. The first-order valence-electron chi connectivity index (χ1n) is 8.60. The fourth-order valence-electron chi connectivity index (χ4n) is 2.55. The van der Waals surface area contributed by atoms with Crippen molar-refractivity contribution < 1.29 is 14.3 Å². The molecular weight excluding hydrogens is 292 g/mol. The first kappa shape index (κ1) is 17.8. The smallest absolute Gasteiger partial charge is 0.238 e. The van der Waals surface area contributed by atoms with Crippen molar-refractivity contribution in [2.75, 3.05) is 44.8 Å². The highest BCUT2D eigenvalue weighted by Crippen LogP contribution is 2.18. The lowest BCUT2D eigenvalue weighted by Gasteiger charge is -2.25. The maximum Gasteiger partial charge on any atom is 0.238 e. The minimum absolute atomic E-state index is 0.00648. The van der Waals surface area contributed by atoms with Gasteiger partial charge in [0.25, 0.3) is 0 Å². The maximum atomic E-state index is 12.1. The summed E-state index contributed by atoms with van der Waals surface area (Å²) < 4.78 is 11.0. The number of hydrogen-bond donors (Lipinski definition) is 1. The second-order valence-electron chi connectivity index (χ2n) is 5.87. The highest BCUT2D eigenvalue weighted by molar-refractivity contribution is 5.92. The second kappa shape index (κ2) is 10.2. The Labute approximate surface area is 139 Å². The molecule has 1 fully saturated rings. The van der Waals surface area contributed by atoms with Gasteiger partial charge in [-0.1, -0.05) is 32.3 Å². The van der Waals surface area contributed by atoms with Gasteiger partial charge >= 0.3 is 0 Å². The summed E-state index contributed by atoms with van der Waals surface area (Å²) in [6.45, 7) is 6.37. The molecule has 23 heavy (non-hydrogen) atoms. The summed E-state index contributed by atoms with van der Waals surface area (Å²) in [5.41, 5.74) is 0.786. The number of amides is 1. The number of rotatable bonds is 9. The molecule has 0 spiro atoms. The van der Waals surface area contributed by atoms with E-state index in [1.165, 1.54) is 19.3 Å². The predicted molar refractivity (Wildman–Crippen MR) is 92.0 cm³/mol. The summed E-state index contributed by atoms with van der Waals surface area (Å²) in [5.74, 6) is 0.817. The summed E-state index contributed by atoms with van der Waals surface area (Å²) in [5, 5.41) is 2.94. The predicted octanol–water partition coefficient (Wildman–Crippen LogP) is 2.92. The molecule has 128 valence electrons. The number of ether oxygens (including phenoxy) is 2. The maximum absolute atomic E-state index is 12.1. The Morgan fingerprint density at radius 3 is 2.87 bits per heavy atom. The van der Waals surface area contributed by atoms with E-state index in [2.05, 4.69) is 17.1 Å². The van der Waals surface area contributed by atoms with E-state index in [1.807, 2.05) is 24.3 Å². The van der Waals surface area contributed by atoms with Crippen molar-refractivity contribution in [2.45, 2.75) is 32.6 Å². The molecule has 1 N–H and O–H groups in total. The van der Waals surface area contributed by atoms with E-state index in [0.29, 0.717) is 19.8 Å². The molecule has 1 aliphatic heterocycles. The molecule has 0 aromatic heterocycles. The summed E-state index contributed by atoms with van der Waals surface area (Å²) in [4.78, 5) is 14.2. The van der Waals surface area contributed by atoms with Crippen LogP contribution in [0.15, 0.2) is 24.3 Å². The van der Waals surface area contributed by atoms with Crippen LogP contribution in [0.25, 0.3) is 0 Å². The molecule has 1 saturated heterocycles. The Morgan fingerprint density at radius 2 is 2.09 bits per heavy atom. The lowest BCUT2D eigenvalue weighted by atomic mass is 10.2. The van der Waals surface area contributed by atoms with E-state index in [1.54, 1.807) is 0 Å². The third-order valence-corrected chi connectivity index (χ3v) is 3.86. The van der Waals surface area contributed by atoms with Gasteiger partial charge in [-0.25, -0.2) is 0 Å². The summed E-state index contributed by atoms with van der Waals surface area (Å²) in [7, 11) is 0. The molecule has 0 saturated carbocycles. The van der Waals surface area contributed by atoms with Crippen LogP contribution in [0.3, 0.4) is 0 Å². The van der Waals surface area contributed by atoms with E-state index in [4.69, 9.17) is 9.47 Å². The Kier molecular flexibility index (Phi) is 7.90. The van der Waals surface area contributed by atoms with Gasteiger partial charge in [0.05, 0.1) is 26.4 Å². The Bertz CT molecular complexity index is 473. The molecule has 0 atom stereocenters. The average Bonchev–Trinajstić information content (AvgIpc) is 2.56. The van der Waals surface area contributed by atoms with Crippen molar-refractivity contribution in [3.8, 4) is 5.75 Å². The number of carbonyl (C=O) groups is 1. The van der Waals surface area contributed by atoms with E-state index in [0.717, 1.165) is 37.6 Å². The van der Waals surface area contributed by atoms with E-state index < -0.39 is 0 Å². The summed E-state index contributed by atoms with van der Waals surface area (Å²) in [6.07, 6.45) is 4.75. The van der Waals surface area contributed by atoms with Crippen molar-refractivity contribution >= 4 is 11.6 Å². The van der Waals surface area contributed by atoms with Crippen LogP contribution >= 0.6 is 0 Å². The molecule has 0 radical (unpaired) electrons. The van der Waals surface area contributed by atoms with Gasteiger partial charge in [-0.15, -0.1) is 0 Å². The number of nitrogens with zero attached hydrogens (tertiary/aromatic N) is 1. The third-order valence-electron chi connectivity index (χ3n) is 3.86. The van der Waals surface area contributed by atoms with Gasteiger partial charge in [-0.05, 0) is 18.6 Å². The topological polar surface area (TPSA) is 50.8 Å². The molecule has 1 amide bonds. The monoisotopic (exact) mass is 320 g/mol. The molecule has 1 heterocycles. The lowest BCUT2D eigenvalue weighted by Crippen LogP contribution is -2.41. The fourth-order valence-corrected chi connectivity index (χ4v) is 2.55. The molecular formula is C18H28N2O3. The fraction of sp³-hybridized carbons (Fsp3) is 0.611. The van der Waals surface area contributed by atoms with Crippen LogP contribution in [0.5, 0.6) is 5.75 Å². The zero-order valence-corrected chi connectivity index (χ0v) is 14.1. The molecule has 5 heteroatoms. The Hall–Kier alpha value is -1.59. The number of benzene rings is 1. The number of unbranched alkanes of at least 4 members (excludes halogenated alkanes) is 3. The summed E-state index contributed by atoms with van der Waals surface area (Å²) >= 11 is 0. The van der Waals surface area contributed by atoms with Crippen molar-refractivity contribution in [2.24, 2.45) is 0 Å². The number of morpholine rings is 1. The van der Waals surface area contributed by atoms with Gasteiger partial charge < -0.3 is 14.8 Å². The molecule has 5 nitrogen and oxygen atoms in total. The van der Waals surface area contributed by atoms with Crippen LogP contribution < -0.4 is 10.1 Å². The largest absolute Gasteiger partial charge is 0.494 e. The van der Waals surface area contributed by atoms with E-state index >= 15 is 0 Å². The highest BCUT2D eigenvalue weighted by atomic mass is 16.5. The van der Waals surface area contributed by atoms with Crippen molar-refractivity contribution in [1.82, 2.24) is 4.90 Å². The van der Waals surface area contributed by atoms with E-state index in [9.17, 15) is 4.79 Å². The van der Waals surface area contributed by atoms with Crippen LogP contribution in [0.2, 0.25) is 0 Å². The highest BCUT2D eigenvalue weighted by Gasteiger charge is 2.14. The normalized spacial score (nSPS) is 15.3. The quantitative estimate of drug-likeness (QED) is 0.711. The first-order chi connectivity index (χ1) is 11.3. The zero-order valence-electron chi connectivity index (χ0n) is 14.1. The van der Waals surface area contributed by atoms with Gasteiger partial charge in [0.1, 0.15) is 5.75 Å². The molecule has 0 bridgehead atoms. The SMILES string of the molecule is CCCCCCOc1cccc(NC(=O)CN2CCOCC2)c1. The van der Waals surface area contributed by atoms with Crippen LogP contribution in [0.1, 0.15) is 32.6 Å². The number of carbonyl (C=O) groups excluding carboxylic acids is 1. The minimum Gasteiger partial charge on any atom is -0.494 e. The molecule has 0 aliphatic carbocycles. The van der Waals surface area contributed by atoms with Crippen LogP contribution in [0, 0.1) is 0 Å². The van der Waals surface area contributed by atoms with Gasteiger partial charge in [0.15, 0.2) is 0 Å². The van der Waals surface area contributed by atoms with Crippen molar-refractivity contribution in [3.05, 3.63) is 24.3 Å².